The van der Waals surface area contributed by atoms with Gasteiger partial charge in [0.25, 0.3) is 0 Å². The summed E-state index contributed by atoms with van der Waals surface area (Å²) >= 11 is 1.44. The van der Waals surface area contributed by atoms with Crippen molar-refractivity contribution in [1.29, 1.82) is 0 Å². The Labute approximate surface area is 184 Å². The molecule has 0 saturated heterocycles. The zero-order chi connectivity index (χ0) is 21.4. The number of aromatic nitrogens is 3. The number of benzene rings is 1. The van der Waals surface area contributed by atoms with E-state index in [1.54, 1.807) is 6.20 Å². The normalized spacial score (nSPS) is 20.9. The molecule has 3 heterocycles. The Balaban J connectivity index is 1.35. The minimum absolute atomic E-state index is 0.0110. The number of para-hydroxylation sites is 1. The van der Waals surface area contributed by atoms with Crippen molar-refractivity contribution in [3.63, 3.8) is 0 Å². The number of hydrogen-bond donors (Lipinski definition) is 2. The van der Waals surface area contributed by atoms with Crippen molar-refractivity contribution >= 4 is 33.8 Å². The van der Waals surface area contributed by atoms with Crippen LogP contribution in [-0.4, -0.2) is 37.6 Å². The largest absolute Gasteiger partial charge is 0.393 e. The molecule has 0 unspecified atom stereocenters. The lowest BCUT2D eigenvalue weighted by molar-refractivity contribution is 0.104. The van der Waals surface area contributed by atoms with Crippen LogP contribution in [0, 0.1) is 12.8 Å². The van der Waals surface area contributed by atoms with Gasteiger partial charge in [-0.25, -0.2) is 9.97 Å². The molecule has 0 amide bonds. The van der Waals surface area contributed by atoms with E-state index in [1.165, 1.54) is 28.6 Å². The summed E-state index contributed by atoms with van der Waals surface area (Å²) < 4.78 is 2.19. The summed E-state index contributed by atoms with van der Waals surface area (Å²) in [5.41, 5.74) is 2.70. The van der Waals surface area contributed by atoms with Crippen molar-refractivity contribution in [2.45, 2.75) is 31.5 Å². The van der Waals surface area contributed by atoms with Gasteiger partial charge in [-0.3, -0.25) is 4.79 Å². The van der Waals surface area contributed by atoms with E-state index < -0.39 is 6.10 Å². The fraction of sp³-hybridized carbons (Fsp3) is 0.250. The molecular formula is C24H23N4O2S. The summed E-state index contributed by atoms with van der Waals surface area (Å²) in [7, 11) is 0. The summed E-state index contributed by atoms with van der Waals surface area (Å²) in [5, 5.41) is 16.5. The molecule has 1 fully saturated rings. The molecule has 6 nitrogen and oxygen atoms in total. The van der Waals surface area contributed by atoms with Crippen LogP contribution in [0.5, 0.6) is 0 Å². The molecule has 1 aliphatic rings. The molecule has 4 aromatic rings. The summed E-state index contributed by atoms with van der Waals surface area (Å²) in [5.74, 6) is 0.405. The third-order valence-electron chi connectivity index (χ3n) is 5.87. The van der Waals surface area contributed by atoms with Crippen molar-refractivity contribution in [1.82, 2.24) is 14.5 Å². The molecule has 1 aromatic carbocycles. The van der Waals surface area contributed by atoms with Crippen LogP contribution in [0.25, 0.3) is 10.9 Å². The molecule has 0 bridgehead atoms. The van der Waals surface area contributed by atoms with E-state index in [0.717, 1.165) is 12.0 Å². The van der Waals surface area contributed by atoms with Crippen LogP contribution in [0.2, 0.25) is 0 Å². The Kier molecular flexibility index (Phi) is 5.29. The van der Waals surface area contributed by atoms with Crippen LogP contribution in [-0.2, 0) is 6.54 Å². The Morgan fingerprint density at radius 2 is 2.16 bits per heavy atom. The van der Waals surface area contributed by atoms with Gasteiger partial charge in [0, 0.05) is 30.5 Å². The predicted octanol–water partition coefficient (Wildman–Crippen LogP) is 4.16. The Bertz CT molecular complexity index is 1220. The monoisotopic (exact) mass is 431 g/mol. The lowest BCUT2D eigenvalue weighted by Crippen LogP contribution is -2.20. The second-order valence-corrected chi connectivity index (χ2v) is 8.99. The highest BCUT2D eigenvalue weighted by Gasteiger charge is 2.31. The molecule has 3 atom stereocenters. The maximum absolute atomic E-state index is 13.2. The molecule has 0 spiro atoms. The highest BCUT2D eigenvalue weighted by atomic mass is 32.1. The van der Waals surface area contributed by atoms with E-state index in [-0.39, 0.29) is 17.7 Å². The average molecular weight is 432 g/mol. The number of hydrogen-bond acceptors (Lipinski definition) is 6. The van der Waals surface area contributed by atoms with E-state index in [2.05, 4.69) is 51.2 Å². The molecule has 7 heteroatoms. The van der Waals surface area contributed by atoms with Gasteiger partial charge in [0.2, 0.25) is 5.78 Å². The maximum atomic E-state index is 13.2. The van der Waals surface area contributed by atoms with E-state index >= 15 is 0 Å². The number of rotatable bonds is 6. The number of aliphatic hydroxyl groups excluding tert-OH is 1. The highest BCUT2D eigenvalue weighted by Crippen LogP contribution is 2.29. The van der Waals surface area contributed by atoms with Gasteiger partial charge in [0.15, 0.2) is 0 Å². The molecule has 1 saturated carbocycles. The van der Waals surface area contributed by atoms with Gasteiger partial charge in [-0.1, -0.05) is 18.2 Å². The Morgan fingerprint density at radius 3 is 3.00 bits per heavy atom. The molecule has 31 heavy (non-hydrogen) atoms. The molecule has 5 rings (SSSR count). The van der Waals surface area contributed by atoms with E-state index in [9.17, 15) is 9.90 Å². The van der Waals surface area contributed by atoms with Crippen LogP contribution in [0.15, 0.2) is 60.5 Å². The van der Waals surface area contributed by atoms with Gasteiger partial charge < -0.3 is 15.0 Å². The number of aliphatic hydroxyl groups is 1. The van der Waals surface area contributed by atoms with E-state index in [1.807, 2.05) is 23.6 Å². The second-order valence-electron chi connectivity index (χ2n) is 8.08. The van der Waals surface area contributed by atoms with Crippen LogP contribution in [0.1, 0.15) is 33.6 Å². The quantitative estimate of drug-likeness (QED) is 0.448. The average Bonchev–Trinajstić information content (AvgIpc) is 3.48. The number of fused-ring (bicyclic) bond motifs is 1. The fourth-order valence-electron chi connectivity index (χ4n) is 4.21. The SMILES string of the molecule is [CH2][C@@H]1C[C@@H](Nc2ncncc2C(=O)c2cc(Cn3ccc4ccccc43)cs2)C[C@@H]1O. The summed E-state index contributed by atoms with van der Waals surface area (Å²) in [4.78, 5) is 22.2. The van der Waals surface area contributed by atoms with Gasteiger partial charge >= 0.3 is 0 Å². The molecule has 2 N–H and O–H groups in total. The van der Waals surface area contributed by atoms with Gasteiger partial charge in [-0.05, 0) is 60.2 Å². The first-order valence-corrected chi connectivity index (χ1v) is 11.2. The maximum Gasteiger partial charge on any atom is 0.208 e. The molecule has 157 valence electrons. The number of nitrogens with zero attached hydrogens (tertiary/aromatic N) is 3. The van der Waals surface area contributed by atoms with Crippen molar-refractivity contribution < 1.29 is 9.90 Å². The summed E-state index contributed by atoms with van der Waals surface area (Å²) in [6, 6.07) is 12.4. The number of nitrogens with one attached hydrogen (secondary N) is 1. The Hall–Kier alpha value is -3.03. The summed E-state index contributed by atoms with van der Waals surface area (Å²) in [6.07, 6.45) is 5.98. The van der Waals surface area contributed by atoms with Gasteiger partial charge in [-0.15, -0.1) is 11.3 Å². The number of ketones is 1. The minimum atomic E-state index is -0.428. The Morgan fingerprint density at radius 1 is 1.29 bits per heavy atom. The number of thiophene rings is 1. The standard InChI is InChI=1S/C24H23N4O2S/c1-15-8-18(10-21(15)29)27-24-19(11-25-14-26-24)23(30)22-9-16(13-31-22)12-28-7-6-17-4-2-3-5-20(17)28/h2-7,9,11,13-15,18,21,29H,1,8,10,12H2,(H,25,26,27)/t15-,18-,21+/m1/s1. The number of carbonyl (C=O) groups is 1. The number of carbonyl (C=O) groups excluding carboxylic acids is 1. The van der Waals surface area contributed by atoms with Crippen LogP contribution in [0.3, 0.4) is 0 Å². The minimum Gasteiger partial charge on any atom is -0.393 e. The van der Waals surface area contributed by atoms with Crippen molar-refractivity contribution in [3.05, 3.63) is 83.4 Å². The third kappa shape index (κ3) is 3.98. The van der Waals surface area contributed by atoms with Gasteiger partial charge in [-0.2, -0.15) is 0 Å². The van der Waals surface area contributed by atoms with Gasteiger partial charge in [0.05, 0.1) is 16.5 Å². The highest BCUT2D eigenvalue weighted by molar-refractivity contribution is 7.12. The molecule has 1 radical (unpaired) electrons. The second kappa shape index (κ2) is 8.24. The number of anilines is 1. The van der Waals surface area contributed by atoms with Crippen LogP contribution >= 0.6 is 11.3 Å². The molecule has 3 aromatic heterocycles. The molecule has 1 aliphatic carbocycles. The van der Waals surface area contributed by atoms with E-state index in [4.69, 9.17) is 0 Å². The third-order valence-corrected chi connectivity index (χ3v) is 6.84. The molecule has 0 aliphatic heterocycles. The van der Waals surface area contributed by atoms with Gasteiger partial charge in [0.1, 0.15) is 12.1 Å². The zero-order valence-electron chi connectivity index (χ0n) is 16.9. The topological polar surface area (TPSA) is 80.0 Å². The molecular weight excluding hydrogens is 408 g/mol. The summed E-state index contributed by atoms with van der Waals surface area (Å²) in [6.45, 7) is 4.68. The van der Waals surface area contributed by atoms with Crippen molar-refractivity contribution in [2.75, 3.05) is 5.32 Å². The first-order valence-electron chi connectivity index (χ1n) is 10.3. The van der Waals surface area contributed by atoms with Crippen molar-refractivity contribution in [3.8, 4) is 0 Å². The predicted molar refractivity (Wildman–Crippen MR) is 122 cm³/mol. The fourth-order valence-corrected chi connectivity index (χ4v) is 5.07. The zero-order valence-corrected chi connectivity index (χ0v) is 17.8. The van der Waals surface area contributed by atoms with Crippen LogP contribution in [0.4, 0.5) is 5.82 Å². The first kappa shape index (κ1) is 19.9. The van der Waals surface area contributed by atoms with Crippen molar-refractivity contribution in [2.24, 2.45) is 5.92 Å². The first-order chi connectivity index (χ1) is 15.1. The lowest BCUT2D eigenvalue weighted by Gasteiger charge is -2.15. The smallest absolute Gasteiger partial charge is 0.208 e. The lowest BCUT2D eigenvalue weighted by atomic mass is 10.1. The van der Waals surface area contributed by atoms with E-state index in [0.29, 0.717) is 29.2 Å². The van der Waals surface area contributed by atoms with Crippen LogP contribution < -0.4 is 5.32 Å².